The summed E-state index contributed by atoms with van der Waals surface area (Å²) in [5.41, 5.74) is 1.37. The highest BCUT2D eigenvalue weighted by atomic mass is 32.1. The number of benzene rings is 1. The summed E-state index contributed by atoms with van der Waals surface area (Å²) >= 11 is 1.39. The number of carbonyl (C=O) groups excluding carboxylic acids is 1. The fourth-order valence-electron chi connectivity index (χ4n) is 3.32. The molecule has 1 amide bonds. The average molecular weight is 376 g/mol. The summed E-state index contributed by atoms with van der Waals surface area (Å²) in [6.07, 6.45) is 3.58. The van der Waals surface area contributed by atoms with Crippen LogP contribution in [0.25, 0.3) is 10.6 Å². The molecule has 1 aromatic heterocycles. The van der Waals surface area contributed by atoms with Gasteiger partial charge in [-0.1, -0.05) is 12.1 Å². The Morgan fingerprint density at radius 1 is 1.35 bits per heavy atom. The maximum Gasteiger partial charge on any atom is 0.303 e. The van der Waals surface area contributed by atoms with Gasteiger partial charge in [0.2, 0.25) is 5.91 Å². The van der Waals surface area contributed by atoms with Crippen molar-refractivity contribution in [2.24, 2.45) is 0 Å². The molecule has 1 unspecified atom stereocenters. The van der Waals surface area contributed by atoms with Crippen LogP contribution in [-0.4, -0.2) is 39.5 Å². The Balaban J connectivity index is 1.66. The number of thiazole rings is 1. The van der Waals surface area contributed by atoms with Gasteiger partial charge in [0, 0.05) is 30.0 Å². The SMILES string of the molecule is O=C(O)CCC1CCCCN1C(=O)Cc1csc(-c2cccc(F)c2)n1. The fourth-order valence-corrected chi connectivity index (χ4v) is 4.13. The second-order valence-electron chi connectivity index (χ2n) is 6.50. The molecule has 1 fully saturated rings. The Kier molecular flexibility index (Phi) is 5.98. The van der Waals surface area contributed by atoms with Gasteiger partial charge >= 0.3 is 5.97 Å². The number of hydrogen-bond donors (Lipinski definition) is 1. The van der Waals surface area contributed by atoms with Crippen molar-refractivity contribution in [2.45, 2.75) is 44.6 Å². The van der Waals surface area contributed by atoms with Crippen molar-refractivity contribution in [3.63, 3.8) is 0 Å². The predicted octanol–water partition coefficient (Wildman–Crippen LogP) is 3.74. The summed E-state index contributed by atoms with van der Waals surface area (Å²) in [4.78, 5) is 29.8. The van der Waals surface area contributed by atoms with E-state index >= 15 is 0 Å². The highest BCUT2D eigenvalue weighted by Crippen LogP contribution is 2.26. The van der Waals surface area contributed by atoms with Gasteiger partial charge in [0.25, 0.3) is 0 Å². The van der Waals surface area contributed by atoms with E-state index in [1.165, 1.54) is 23.5 Å². The maximum atomic E-state index is 13.4. The van der Waals surface area contributed by atoms with E-state index in [1.54, 1.807) is 12.1 Å². The lowest BCUT2D eigenvalue weighted by atomic mass is 9.97. The van der Waals surface area contributed by atoms with Crippen molar-refractivity contribution in [1.29, 1.82) is 0 Å². The molecule has 0 radical (unpaired) electrons. The monoisotopic (exact) mass is 376 g/mol. The van der Waals surface area contributed by atoms with Crippen LogP contribution in [0.5, 0.6) is 0 Å². The summed E-state index contributed by atoms with van der Waals surface area (Å²) in [6.45, 7) is 0.671. The minimum absolute atomic E-state index is 0.00586. The number of carboxylic acids is 1. The highest BCUT2D eigenvalue weighted by molar-refractivity contribution is 7.13. The van der Waals surface area contributed by atoms with Gasteiger partial charge in [-0.15, -0.1) is 11.3 Å². The molecule has 1 aliphatic rings. The van der Waals surface area contributed by atoms with Crippen molar-refractivity contribution in [3.8, 4) is 10.6 Å². The summed E-state index contributed by atoms with van der Waals surface area (Å²) in [6, 6.07) is 6.23. The predicted molar refractivity (Wildman–Crippen MR) is 97.4 cm³/mol. The summed E-state index contributed by atoms with van der Waals surface area (Å²) in [5.74, 6) is -1.16. The molecular weight excluding hydrogens is 355 g/mol. The quantitative estimate of drug-likeness (QED) is 0.834. The van der Waals surface area contributed by atoms with Gasteiger partial charge in [-0.25, -0.2) is 9.37 Å². The number of amides is 1. The zero-order valence-corrected chi connectivity index (χ0v) is 15.2. The van der Waals surface area contributed by atoms with Crippen LogP contribution in [0.4, 0.5) is 4.39 Å². The number of nitrogens with zero attached hydrogens (tertiary/aromatic N) is 2. The Hall–Kier alpha value is -2.28. The van der Waals surface area contributed by atoms with Crippen LogP contribution >= 0.6 is 11.3 Å². The van der Waals surface area contributed by atoms with Gasteiger partial charge in [0.1, 0.15) is 10.8 Å². The molecule has 0 aliphatic carbocycles. The topological polar surface area (TPSA) is 70.5 Å². The maximum absolute atomic E-state index is 13.4. The number of carboxylic acid groups (broad SMARTS) is 1. The second-order valence-corrected chi connectivity index (χ2v) is 7.36. The van der Waals surface area contributed by atoms with E-state index in [0.29, 0.717) is 29.2 Å². The van der Waals surface area contributed by atoms with Crippen molar-refractivity contribution in [2.75, 3.05) is 6.54 Å². The zero-order valence-electron chi connectivity index (χ0n) is 14.4. The number of hydrogen-bond acceptors (Lipinski definition) is 4. The van der Waals surface area contributed by atoms with E-state index in [0.717, 1.165) is 19.3 Å². The van der Waals surface area contributed by atoms with E-state index < -0.39 is 5.97 Å². The fraction of sp³-hybridized carbons (Fsp3) is 0.421. The molecule has 1 atom stereocenters. The van der Waals surface area contributed by atoms with Crippen LogP contribution in [0.3, 0.4) is 0 Å². The zero-order chi connectivity index (χ0) is 18.5. The van der Waals surface area contributed by atoms with E-state index in [4.69, 9.17) is 5.11 Å². The number of aromatic nitrogens is 1. The Morgan fingerprint density at radius 3 is 2.96 bits per heavy atom. The summed E-state index contributed by atoms with van der Waals surface area (Å²) in [7, 11) is 0. The van der Waals surface area contributed by atoms with Crippen molar-refractivity contribution in [3.05, 3.63) is 41.2 Å². The smallest absolute Gasteiger partial charge is 0.303 e. The van der Waals surface area contributed by atoms with Crippen LogP contribution in [0.2, 0.25) is 0 Å². The van der Waals surface area contributed by atoms with Gasteiger partial charge < -0.3 is 10.0 Å². The third-order valence-corrected chi connectivity index (χ3v) is 5.53. The number of likely N-dealkylation sites (tertiary alicyclic amines) is 1. The van der Waals surface area contributed by atoms with Gasteiger partial charge in [0.15, 0.2) is 0 Å². The first-order valence-corrected chi connectivity index (χ1v) is 9.62. The first kappa shape index (κ1) is 18.5. The minimum Gasteiger partial charge on any atom is -0.481 e. The molecule has 0 saturated carbocycles. The minimum atomic E-state index is -0.831. The lowest BCUT2D eigenvalue weighted by Gasteiger charge is -2.35. The Bertz CT molecular complexity index is 793. The summed E-state index contributed by atoms with van der Waals surface area (Å²) in [5, 5.41) is 11.4. The number of halogens is 1. The average Bonchev–Trinajstić information content (AvgIpc) is 3.08. The molecule has 0 bridgehead atoms. The van der Waals surface area contributed by atoms with Crippen LogP contribution < -0.4 is 0 Å². The van der Waals surface area contributed by atoms with Gasteiger partial charge in [-0.3, -0.25) is 9.59 Å². The third-order valence-electron chi connectivity index (χ3n) is 4.59. The van der Waals surface area contributed by atoms with Crippen molar-refractivity contribution < 1.29 is 19.1 Å². The van der Waals surface area contributed by atoms with Gasteiger partial charge in [0.05, 0.1) is 12.1 Å². The number of carbonyl (C=O) groups is 2. The molecule has 1 N–H and O–H groups in total. The third kappa shape index (κ3) is 4.66. The molecule has 26 heavy (non-hydrogen) atoms. The molecule has 1 saturated heterocycles. The molecule has 2 aromatic rings. The molecule has 138 valence electrons. The molecular formula is C19H21FN2O3S. The standard InChI is InChI=1S/C19H21FN2O3S/c20-14-5-3-4-13(10-14)19-21-15(12-26-19)11-17(23)22-9-2-1-6-16(22)7-8-18(24)25/h3-5,10,12,16H,1-2,6-9,11H2,(H,24,25). The molecule has 1 aliphatic heterocycles. The van der Waals surface area contributed by atoms with Gasteiger partial charge in [-0.05, 0) is 37.8 Å². The van der Waals surface area contributed by atoms with E-state index in [9.17, 15) is 14.0 Å². The lowest BCUT2D eigenvalue weighted by molar-refractivity contribution is -0.139. The normalized spacial score (nSPS) is 17.3. The van der Waals surface area contributed by atoms with E-state index in [1.807, 2.05) is 10.3 Å². The number of piperidine rings is 1. The first-order valence-electron chi connectivity index (χ1n) is 8.74. The molecule has 2 heterocycles. The van der Waals surface area contributed by atoms with Crippen molar-refractivity contribution in [1.82, 2.24) is 9.88 Å². The van der Waals surface area contributed by atoms with Crippen molar-refractivity contribution >= 4 is 23.2 Å². The molecule has 5 nitrogen and oxygen atoms in total. The largest absolute Gasteiger partial charge is 0.481 e. The number of aliphatic carboxylic acids is 1. The summed E-state index contributed by atoms with van der Waals surface area (Å²) < 4.78 is 13.4. The van der Waals surface area contributed by atoms with Crippen LogP contribution in [0.15, 0.2) is 29.6 Å². The van der Waals surface area contributed by atoms with Crippen LogP contribution in [-0.2, 0) is 16.0 Å². The molecule has 1 aromatic carbocycles. The lowest BCUT2D eigenvalue weighted by Crippen LogP contribution is -2.44. The number of rotatable bonds is 6. The van der Waals surface area contributed by atoms with Crippen LogP contribution in [0, 0.1) is 5.82 Å². The molecule has 0 spiro atoms. The first-order chi connectivity index (χ1) is 12.5. The van der Waals surface area contributed by atoms with E-state index in [2.05, 4.69) is 4.98 Å². The van der Waals surface area contributed by atoms with E-state index in [-0.39, 0.29) is 30.6 Å². The van der Waals surface area contributed by atoms with Crippen LogP contribution in [0.1, 0.15) is 37.8 Å². The Morgan fingerprint density at radius 2 is 2.19 bits per heavy atom. The van der Waals surface area contributed by atoms with Gasteiger partial charge in [-0.2, -0.15) is 0 Å². The molecule has 3 rings (SSSR count). The Labute approximate surface area is 155 Å². The highest BCUT2D eigenvalue weighted by Gasteiger charge is 2.27. The second kappa shape index (κ2) is 8.40. The molecule has 7 heteroatoms.